The van der Waals surface area contributed by atoms with E-state index in [4.69, 9.17) is 4.74 Å². The van der Waals surface area contributed by atoms with Crippen LogP contribution >= 0.6 is 0 Å². The van der Waals surface area contributed by atoms with Crippen LogP contribution in [0.15, 0.2) is 0 Å². The van der Waals surface area contributed by atoms with Crippen molar-refractivity contribution in [2.75, 3.05) is 46.4 Å². The highest BCUT2D eigenvalue weighted by atomic mass is 19.4. The Morgan fingerprint density at radius 3 is 2.39 bits per heavy atom. The molecule has 0 saturated carbocycles. The lowest BCUT2D eigenvalue weighted by molar-refractivity contribution is -0.155. The number of halogens is 3. The van der Waals surface area contributed by atoms with Crippen molar-refractivity contribution in [2.45, 2.75) is 32.0 Å². The van der Waals surface area contributed by atoms with E-state index in [1.807, 2.05) is 13.8 Å². The van der Waals surface area contributed by atoms with Gasteiger partial charge in [-0.3, -0.25) is 9.80 Å². The average Bonchev–Trinajstić information content (AvgIpc) is 2.18. The first-order chi connectivity index (χ1) is 8.24. The Morgan fingerprint density at radius 1 is 1.22 bits per heavy atom. The van der Waals surface area contributed by atoms with Gasteiger partial charge in [0.05, 0.1) is 6.54 Å². The van der Waals surface area contributed by atoms with Crippen molar-refractivity contribution < 1.29 is 17.9 Å². The number of piperazine rings is 1. The summed E-state index contributed by atoms with van der Waals surface area (Å²) in [6.45, 7) is 6.40. The molecule has 0 aliphatic carbocycles. The van der Waals surface area contributed by atoms with Gasteiger partial charge >= 0.3 is 6.18 Å². The van der Waals surface area contributed by atoms with Crippen molar-refractivity contribution in [1.82, 2.24) is 9.80 Å². The van der Waals surface area contributed by atoms with Crippen molar-refractivity contribution >= 4 is 0 Å². The molecule has 0 aromatic rings. The lowest BCUT2D eigenvalue weighted by Crippen LogP contribution is -2.60. The third-order valence-corrected chi connectivity index (χ3v) is 3.33. The van der Waals surface area contributed by atoms with Crippen molar-refractivity contribution in [3.63, 3.8) is 0 Å². The van der Waals surface area contributed by atoms with Crippen LogP contribution in [0.3, 0.4) is 0 Å². The molecule has 6 heteroatoms. The van der Waals surface area contributed by atoms with Gasteiger partial charge in [-0.25, -0.2) is 0 Å². The summed E-state index contributed by atoms with van der Waals surface area (Å²) < 4.78 is 42.1. The molecular weight excluding hydrogens is 245 g/mol. The Balaban J connectivity index is 2.45. The quantitative estimate of drug-likeness (QED) is 0.709. The molecule has 0 spiro atoms. The SMILES string of the molecule is COCCCN1CCN(CC(F)(F)F)CC1(C)C. The maximum atomic E-state index is 12.4. The van der Waals surface area contributed by atoms with Crippen molar-refractivity contribution in [2.24, 2.45) is 0 Å². The average molecular weight is 268 g/mol. The van der Waals surface area contributed by atoms with Crippen LogP contribution in [0.5, 0.6) is 0 Å². The van der Waals surface area contributed by atoms with Gasteiger partial charge in [-0.05, 0) is 20.3 Å². The molecule has 1 rings (SSSR count). The number of hydrogen-bond acceptors (Lipinski definition) is 3. The lowest BCUT2D eigenvalue weighted by atomic mass is 9.98. The highest BCUT2D eigenvalue weighted by molar-refractivity contribution is 4.90. The van der Waals surface area contributed by atoms with E-state index in [1.54, 1.807) is 7.11 Å². The topological polar surface area (TPSA) is 15.7 Å². The van der Waals surface area contributed by atoms with E-state index in [0.29, 0.717) is 26.2 Å². The van der Waals surface area contributed by atoms with Crippen LogP contribution in [0.25, 0.3) is 0 Å². The summed E-state index contributed by atoms with van der Waals surface area (Å²) in [7, 11) is 1.66. The van der Waals surface area contributed by atoms with Crippen molar-refractivity contribution in [3.8, 4) is 0 Å². The Hall–Kier alpha value is -0.330. The minimum Gasteiger partial charge on any atom is -0.385 e. The van der Waals surface area contributed by atoms with Gasteiger partial charge in [0, 0.05) is 45.4 Å². The molecule has 108 valence electrons. The van der Waals surface area contributed by atoms with Crippen molar-refractivity contribution in [3.05, 3.63) is 0 Å². The molecule has 0 N–H and O–H groups in total. The fourth-order valence-corrected chi connectivity index (χ4v) is 2.49. The summed E-state index contributed by atoms with van der Waals surface area (Å²) in [4.78, 5) is 3.74. The number of methoxy groups -OCH3 is 1. The van der Waals surface area contributed by atoms with E-state index < -0.39 is 12.7 Å². The zero-order valence-corrected chi connectivity index (χ0v) is 11.4. The van der Waals surface area contributed by atoms with E-state index in [1.165, 1.54) is 4.90 Å². The minimum atomic E-state index is -4.10. The van der Waals surface area contributed by atoms with Gasteiger partial charge in [0.2, 0.25) is 0 Å². The zero-order chi connectivity index (χ0) is 13.8. The van der Waals surface area contributed by atoms with Crippen LogP contribution in [-0.4, -0.2) is 68.0 Å². The molecule has 1 fully saturated rings. The summed E-state index contributed by atoms with van der Waals surface area (Å²) in [5.74, 6) is 0. The molecule has 1 heterocycles. The van der Waals surface area contributed by atoms with E-state index in [2.05, 4.69) is 4.90 Å². The van der Waals surface area contributed by atoms with Gasteiger partial charge in [-0.2, -0.15) is 13.2 Å². The predicted octanol–water partition coefficient (Wildman–Crippen LogP) is 1.98. The fraction of sp³-hybridized carbons (Fsp3) is 1.00. The third kappa shape index (κ3) is 5.12. The fourth-order valence-electron chi connectivity index (χ4n) is 2.49. The van der Waals surface area contributed by atoms with Gasteiger partial charge in [-0.1, -0.05) is 0 Å². The number of rotatable bonds is 5. The third-order valence-electron chi connectivity index (χ3n) is 3.33. The molecule has 18 heavy (non-hydrogen) atoms. The molecule has 0 aromatic heterocycles. The number of alkyl halides is 3. The standard InChI is InChI=1S/C12H23F3N2O/c1-11(2)9-16(10-12(13,14)15)6-7-17(11)5-4-8-18-3/h4-10H2,1-3H3. The predicted molar refractivity (Wildman–Crippen MR) is 64.6 cm³/mol. The maximum absolute atomic E-state index is 12.4. The largest absolute Gasteiger partial charge is 0.401 e. The van der Waals surface area contributed by atoms with Gasteiger partial charge in [-0.15, -0.1) is 0 Å². The first-order valence-corrected chi connectivity index (χ1v) is 6.28. The van der Waals surface area contributed by atoms with Gasteiger partial charge < -0.3 is 4.74 Å². The summed E-state index contributed by atoms with van der Waals surface area (Å²) in [5.41, 5.74) is -0.211. The Morgan fingerprint density at radius 2 is 1.89 bits per heavy atom. The Labute approximate surface area is 107 Å². The lowest BCUT2D eigenvalue weighted by Gasteiger charge is -2.47. The molecule has 0 unspecified atom stereocenters. The first kappa shape index (κ1) is 15.7. The molecule has 0 bridgehead atoms. The summed E-state index contributed by atoms with van der Waals surface area (Å²) in [5, 5.41) is 0. The van der Waals surface area contributed by atoms with Gasteiger partial charge in [0.25, 0.3) is 0 Å². The summed E-state index contributed by atoms with van der Waals surface area (Å²) in [6, 6.07) is 0. The molecule has 0 radical (unpaired) electrons. The molecule has 1 saturated heterocycles. The zero-order valence-electron chi connectivity index (χ0n) is 11.4. The van der Waals surface area contributed by atoms with Gasteiger partial charge in [0.1, 0.15) is 0 Å². The van der Waals surface area contributed by atoms with E-state index in [0.717, 1.165) is 13.0 Å². The van der Waals surface area contributed by atoms with Gasteiger partial charge in [0.15, 0.2) is 0 Å². The summed E-state index contributed by atoms with van der Waals surface area (Å²) in [6.07, 6.45) is -3.19. The van der Waals surface area contributed by atoms with Crippen LogP contribution in [0.1, 0.15) is 20.3 Å². The van der Waals surface area contributed by atoms with Crippen LogP contribution in [0, 0.1) is 0 Å². The highest BCUT2D eigenvalue weighted by Crippen LogP contribution is 2.24. The Bertz CT molecular complexity index is 256. The van der Waals surface area contributed by atoms with E-state index in [-0.39, 0.29) is 5.54 Å². The number of hydrogen-bond donors (Lipinski definition) is 0. The number of ether oxygens (including phenoxy) is 1. The molecule has 0 atom stereocenters. The Kier molecular flexibility index (Phi) is 5.43. The van der Waals surface area contributed by atoms with E-state index in [9.17, 15) is 13.2 Å². The first-order valence-electron chi connectivity index (χ1n) is 6.28. The normalized spacial score (nSPS) is 22.3. The second-order valence-corrected chi connectivity index (χ2v) is 5.47. The minimum absolute atomic E-state index is 0.211. The molecule has 3 nitrogen and oxygen atoms in total. The maximum Gasteiger partial charge on any atom is 0.401 e. The molecule has 0 amide bonds. The smallest absolute Gasteiger partial charge is 0.385 e. The molecule has 0 aromatic carbocycles. The molecule has 1 aliphatic rings. The van der Waals surface area contributed by atoms with E-state index >= 15 is 0 Å². The van der Waals surface area contributed by atoms with Crippen LogP contribution in [-0.2, 0) is 4.74 Å². The second-order valence-electron chi connectivity index (χ2n) is 5.47. The summed E-state index contributed by atoms with van der Waals surface area (Å²) >= 11 is 0. The van der Waals surface area contributed by atoms with Crippen LogP contribution in [0.4, 0.5) is 13.2 Å². The molecule has 1 aliphatic heterocycles. The second kappa shape index (κ2) is 6.21. The van der Waals surface area contributed by atoms with Crippen molar-refractivity contribution in [1.29, 1.82) is 0 Å². The monoisotopic (exact) mass is 268 g/mol. The van der Waals surface area contributed by atoms with Crippen LogP contribution in [0.2, 0.25) is 0 Å². The van der Waals surface area contributed by atoms with Crippen LogP contribution < -0.4 is 0 Å². The molecular formula is C12H23F3N2O. The number of nitrogens with zero attached hydrogens (tertiary/aromatic N) is 2. The highest BCUT2D eigenvalue weighted by Gasteiger charge is 2.38.